The van der Waals surface area contributed by atoms with Crippen LogP contribution in [-0.4, -0.2) is 19.9 Å². The van der Waals surface area contributed by atoms with Crippen LogP contribution in [0.1, 0.15) is 15.2 Å². The highest BCUT2D eigenvalue weighted by Gasteiger charge is 2.15. The lowest BCUT2D eigenvalue weighted by atomic mass is 10.2. The third kappa shape index (κ3) is 3.17. The molecule has 0 aliphatic carbocycles. The van der Waals surface area contributed by atoms with E-state index in [1.807, 2.05) is 17.5 Å². The number of likely N-dealkylation sites (N-methyl/N-ethyl adjacent to an activating group) is 1. The Bertz CT molecular complexity index is 546. The molecule has 1 heterocycles. The fourth-order valence-electron chi connectivity index (χ4n) is 1.86. The molecule has 0 bridgehead atoms. The molecule has 2 aromatic rings. The standard InChI is InChI=1S/C14H13F2NOS/c1-17(5-4-11-3-2-6-19-11)14-12(15)7-10(9-18)8-13(14)16/h2-3,6-9H,4-5H2,1H3. The largest absolute Gasteiger partial charge is 0.369 e. The van der Waals surface area contributed by atoms with Gasteiger partial charge in [0, 0.05) is 24.0 Å². The van der Waals surface area contributed by atoms with Gasteiger partial charge in [0.25, 0.3) is 0 Å². The summed E-state index contributed by atoms with van der Waals surface area (Å²) in [5.74, 6) is -1.42. The first kappa shape index (κ1) is 13.7. The Kier molecular flexibility index (Phi) is 4.27. The van der Waals surface area contributed by atoms with E-state index in [9.17, 15) is 13.6 Å². The lowest BCUT2D eigenvalue weighted by Crippen LogP contribution is -2.22. The molecule has 0 unspecified atom stereocenters. The zero-order valence-electron chi connectivity index (χ0n) is 10.4. The zero-order chi connectivity index (χ0) is 13.8. The monoisotopic (exact) mass is 281 g/mol. The average Bonchev–Trinajstić information content (AvgIpc) is 2.88. The Hall–Kier alpha value is -1.75. The molecule has 0 spiro atoms. The average molecular weight is 281 g/mol. The maximum atomic E-state index is 13.8. The highest BCUT2D eigenvalue weighted by atomic mass is 32.1. The molecule has 0 atom stereocenters. The third-order valence-electron chi connectivity index (χ3n) is 2.83. The Morgan fingerprint density at radius 2 is 2.00 bits per heavy atom. The molecule has 0 aliphatic heterocycles. The summed E-state index contributed by atoms with van der Waals surface area (Å²) in [7, 11) is 1.63. The van der Waals surface area contributed by atoms with Gasteiger partial charge in [0.2, 0.25) is 0 Å². The molecule has 1 aromatic carbocycles. The van der Waals surface area contributed by atoms with Crippen LogP contribution in [0.2, 0.25) is 0 Å². The summed E-state index contributed by atoms with van der Waals surface area (Å²) in [6.45, 7) is 0.509. The van der Waals surface area contributed by atoms with Crippen molar-refractivity contribution in [2.45, 2.75) is 6.42 Å². The van der Waals surface area contributed by atoms with Crippen LogP contribution >= 0.6 is 11.3 Å². The van der Waals surface area contributed by atoms with E-state index in [1.165, 1.54) is 4.90 Å². The van der Waals surface area contributed by atoms with Gasteiger partial charge in [-0.3, -0.25) is 4.79 Å². The van der Waals surface area contributed by atoms with E-state index in [4.69, 9.17) is 0 Å². The van der Waals surface area contributed by atoms with Crippen LogP contribution in [0.15, 0.2) is 29.6 Å². The van der Waals surface area contributed by atoms with Crippen LogP contribution in [0.5, 0.6) is 0 Å². The number of rotatable bonds is 5. The fraction of sp³-hybridized carbons (Fsp3) is 0.214. The van der Waals surface area contributed by atoms with Gasteiger partial charge in [-0.05, 0) is 30.0 Å². The molecule has 100 valence electrons. The van der Waals surface area contributed by atoms with Gasteiger partial charge in [0.1, 0.15) is 23.6 Å². The van der Waals surface area contributed by atoms with Gasteiger partial charge in [0.15, 0.2) is 0 Å². The number of nitrogens with zero attached hydrogens (tertiary/aromatic N) is 1. The minimum atomic E-state index is -0.712. The molecule has 0 N–H and O–H groups in total. The first-order valence-electron chi connectivity index (χ1n) is 5.79. The molecule has 0 amide bonds. The summed E-state index contributed by atoms with van der Waals surface area (Å²) in [5.41, 5.74) is -0.0902. The minimum Gasteiger partial charge on any atom is -0.369 e. The summed E-state index contributed by atoms with van der Waals surface area (Å²) in [6, 6.07) is 6.03. The molecule has 0 aliphatic rings. The normalized spacial score (nSPS) is 10.5. The molecule has 0 radical (unpaired) electrons. The van der Waals surface area contributed by atoms with Crippen molar-refractivity contribution in [2.75, 3.05) is 18.5 Å². The summed E-state index contributed by atoms with van der Waals surface area (Å²) in [6.07, 6.45) is 1.16. The Morgan fingerprint density at radius 3 is 2.53 bits per heavy atom. The highest BCUT2D eigenvalue weighted by molar-refractivity contribution is 7.09. The van der Waals surface area contributed by atoms with Gasteiger partial charge in [0.05, 0.1) is 0 Å². The number of hydrogen-bond acceptors (Lipinski definition) is 3. The molecular formula is C14H13F2NOS. The first-order valence-corrected chi connectivity index (χ1v) is 6.67. The highest BCUT2D eigenvalue weighted by Crippen LogP contribution is 2.24. The second-order valence-electron chi connectivity index (χ2n) is 4.20. The predicted molar refractivity (Wildman–Crippen MR) is 73.0 cm³/mol. The van der Waals surface area contributed by atoms with Crippen LogP contribution in [-0.2, 0) is 6.42 Å². The molecule has 2 rings (SSSR count). The molecule has 19 heavy (non-hydrogen) atoms. The fourth-order valence-corrected chi connectivity index (χ4v) is 2.56. The van der Waals surface area contributed by atoms with Crippen molar-refractivity contribution in [1.29, 1.82) is 0 Å². The van der Waals surface area contributed by atoms with Crippen LogP contribution in [0.25, 0.3) is 0 Å². The van der Waals surface area contributed by atoms with Gasteiger partial charge < -0.3 is 4.90 Å². The number of benzene rings is 1. The number of carbonyl (C=O) groups excluding carboxylic acids is 1. The number of aldehydes is 1. The second kappa shape index (κ2) is 5.93. The number of carbonyl (C=O) groups is 1. The summed E-state index contributed by atoms with van der Waals surface area (Å²) >= 11 is 1.61. The minimum absolute atomic E-state index is 0.00501. The van der Waals surface area contributed by atoms with Crippen LogP contribution in [0.3, 0.4) is 0 Å². The Balaban J connectivity index is 2.14. The van der Waals surface area contributed by atoms with E-state index in [-0.39, 0.29) is 11.3 Å². The number of halogens is 2. The smallest absolute Gasteiger partial charge is 0.150 e. The molecule has 2 nitrogen and oxygen atoms in total. The first-order chi connectivity index (χ1) is 9.11. The molecule has 1 aromatic heterocycles. The third-order valence-corrected chi connectivity index (χ3v) is 3.77. The van der Waals surface area contributed by atoms with Crippen LogP contribution in [0, 0.1) is 11.6 Å². The molecule has 0 saturated heterocycles. The summed E-state index contributed by atoms with van der Waals surface area (Å²) in [5, 5.41) is 1.97. The maximum Gasteiger partial charge on any atom is 0.150 e. The van der Waals surface area contributed by atoms with E-state index in [0.29, 0.717) is 12.8 Å². The Labute approximate surface area is 114 Å². The van der Waals surface area contributed by atoms with E-state index in [2.05, 4.69) is 0 Å². The van der Waals surface area contributed by atoms with Crippen LogP contribution < -0.4 is 4.90 Å². The lowest BCUT2D eigenvalue weighted by molar-refractivity contribution is 0.112. The van der Waals surface area contributed by atoms with Crippen molar-refractivity contribution in [1.82, 2.24) is 0 Å². The molecule has 5 heteroatoms. The van der Waals surface area contributed by atoms with Crippen LogP contribution in [0.4, 0.5) is 14.5 Å². The Morgan fingerprint density at radius 1 is 1.32 bits per heavy atom. The van der Waals surface area contributed by atoms with Crippen molar-refractivity contribution in [3.8, 4) is 0 Å². The van der Waals surface area contributed by atoms with E-state index in [0.717, 1.165) is 23.4 Å². The van der Waals surface area contributed by atoms with E-state index in [1.54, 1.807) is 18.4 Å². The van der Waals surface area contributed by atoms with Crippen molar-refractivity contribution in [2.24, 2.45) is 0 Å². The number of anilines is 1. The van der Waals surface area contributed by atoms with Crippen molar-refractivity contribution < 1.29 is 13.6 Å². The van der Waals surface area contributed by atoms with Gasteiger partial charge in [-0.25, -0.2) is 8.78 Å². The van der Waals surface area contributed by atoms with Gasteiger partial charge >= 0.3 is 0 Å². The van der Waals surface area contributed by atoms with Gasteiger partial charge in [-0.2, -0.15) is 0 Å². The molecule has 0 saturated carbocycles. The van der Waals surface area contributed by atoms with Gasteiger partial charge in [-0.15, -0.1) is 11.3 Å². The molecule has 0 fully saturated rings. The quantitative estimate of drug-likeness (QED) is 0.782. The zero-order valence-corrected chi connectivity index (χ0v) is 11.2. The van der Waals surface area contributed by atoms with E-state index >= 15 is 0 Å². The SMILES string of the molecule is CN(CCc1cccs1)c1c(F)cc(C=O)cc1F. The van der Waals surface area contributed by atoms with Gasteiger partial charge in [-0.1, -0.05) is 6.07 Å². The lowest BCUT2D eigenvalue weighted by Gasteiger charge is -2.20. The second-order valence-corrected chi connectivity index (χ2v) is 5.23. The predicted octanol–water partition coefficient (Wildman–Crippen LogP) is 3.52. The summed E-state index contributed by atoms with van der Waals surface area (Å²) < 4.78 is 27.6. The van der Waals surface area contributed by atoms with Crippen molar-refractivity contribution in [3.63, 3.8) is 0 Å². The van der Waals surface area contributed by atoms with E-state index < -0.39 is 11.6 Å². The van der Waals surface area contributed by atoms with Crippen molar-refractivity contribution >= 4 is 23.3 Å². The summed E-state index contributed by atoms with van der Waals surface area (Å²) in [4.78, 5) is 13.2. The number of hydrogen-bond donors (Lipinski definition) is 0. The number of thiophene rings is 1. The maximum absolute atomic E-state index is 13.8. The molecular weight excluding hydrogens is 268 g/mol. The topological polar surface area (TPSA) is 20.3 Å². The van der Waals surface area contributed by atoms with Crippen molar-refractivity contribution in [3.05, 3.63) is 51.7 Å².